The van der Waals surface area contributed by atoms with Crippen molar-refractivity contribution >= 4 is 5.69 Å². The minimum atomic E-state index is -4.62. The van der Waals surface area contributed by atoms with Gasteiger partial charge in [-0.05, 0) is 36.8 Å². The largest absolute Gasteiger partial charge is 0.435 e. The SMILES string of the molecule is C=C/C(C)=C(/CNc1ccc(-c2cc(C(F)(F)F)nn2C)c(F)c1)C(=C)F.CC. The summed E-state index contributed by atoms with van der Waals surface area (Å²) < 4.78 is 67.2. The number of nitrogens with zero attached hydrogens (tertiary/aromatic N) is 2. The highest BCUT2D eigenvalue weighted by atomic mass is 19.4. The van der Waals surface area contributed by atoms with Crippen molar-refractivity contribution < 1.29 is 22.0 Å². The molecule has 1 heterocycles. The van der Waals surface area contributed by atoms with E-state index in [4.69, 9.17) is 0 Å². The van der Waals surface area contributed by atoms with Crippen molar-refractivity contribution in [2.75, 3.05) is 11.9 Å². The van der Waals surface area contributed by atoms with E-state index in [2.05, 4.69) is 23.6 Å². The lowest BCUT2D eigenvalue weighted by molar-refractivity contribution is -0.141. The van der Waals surface area contributed by atoms with Gasteiger partial charge in [-0.1, -0.05) is 33.1 Å². The maximum absolute atomic E-state index is 14.4. The van der Waals surface area contributed by atoms with Crippen molar-refractivity contribution in [2.24, 2.45) is 7.05 Å². The summed E-state index contributed by atoms with van der Waals surface area (Å²) in [6.45, 7) is 12.5. The standard InChI is InChI=1S/C19H18F5N3.C2H6/c1-5-11(2)15(12(3)20)10-25-13-6-7-14(16(21)8-13)17-9-18(19(22,23)24)26-27(17)4;1-2/h5-9,25H,1,3,10H2,2,4H3;1-2H3/b15-11-;. The van der Waals surface area contributed by atoms with Crippen molar-refractivity contribution in [3.8, 4) is 11.3 Å². The topological polar surface area (TPSA) is 29.9 Å². The van der Waals surface area contributed by atoms with E-state index in [0.717, 1.165) is 16.8 Å². The third-order valence-corrected chi connectivity index (χ3v) is 3.99. The molecule has 2 rings (SSSR count). The number of hydrogen-bond acceptors (Lipinski definition) is 2. The van der Waals surface area contributed by atoms with Crippen LogP contribution in [-0.4, -0.2) is 16.3 Å². The highest BCUT2D eigenvalue weighted by Crippen LogP contribution is 2.33. The van der Waals surface area contributed by atoms with Crippen LogP contribution in [0.15, 0.2) is 60.5 Å². The number of aromatic nitrogens is 2. The average molecular weight is 413 g/mol. The summed E-state index contributed by atoms with van der Waals surface area (Å²) in [6.07, 6.45) is -3.14. The summed E-state index contributed by atoms with van der Waals surface area (Å²) in [5, 5.41) is 6.23. The molecule has 29 heavy (non-hydrogen) atoms. The van der Waals surface area contributed by atoms with Crippen LogP contribution in [0.2, 0.25) is 0 Å². The maximum Gasteiger partial charge on any atom is 0.435 e. The minimum Gasteiger partial charge on any atom is -0.381 e. The van der Waals surface area contributed by atoms with E-state index in [-0.39, 0.29) is 23.4 Å². The molecule has 1 aromatic carbocycles. The van der Waals surface area contributed by atoms with E-state index < -0.39 is 23.5 Å². The van der Waals surface area contributed by atoms with Crippen LogP contribution in [0.3, 0.4) is 0 Å². The number of nitrogens with one attached hydrogen (secondary N) is 1. The second-order valence-corrected chi connectivity index (χ2v) is 5.85. The molecule has 0 atom stereocenters. The molecule has 2 aromatic rings. The van der Waals surface area contributed by atoms with Crippen LogP contribution in [0.1, 0.15) is 26.5 Å². The summed E-state index contributed by atoms with van der Waals surface area (Å²) in [4.78, 5) is 0. The molecule has 8 heteroatoms. The molecule has 0 saturated heterocycles. The lowest BCUT2D eigenvalue weighted by atomic mass is 10.1. The lowest BCUT2D eigenvalue weighted by Crippen LogP contribution is -2.07. The molecule has 0 amide bonds. The number of benzene rings is 1. The molecule has 0 saturated carbocycles. The highest BCUT2D eigenvalue weighted by Gasteiger charge is 2.35. The Morgan fingerprint density at radius 3 is 2.31 bits per heavy atom. The van der Waals surface area contributed by atoms with Gasteiger partial charge in [0.05, 0.1) is 5.69 Å². The Kier molecular flexibility index (Phi) is 8.36. The molecular formula is C21H24F5N3. The molecule has 0 fully saturated rings. The molecule has 0 aliphatic heterocycles. The molecule has 0 unspecified atom stereocenters. The van der Waals surface area contributed by atoms with Crippen LogP contribution in [0.5, 0.6) is 0 Å². The fourth-order valence-corrected chi connectivity index (χ4v) is 2.45. The van der Waals surface area contributed by atoms with Crippen LogP contribution in [0, 0.1) is 5.82 Å². The number of rotatable bonds is 6. The average Bonchev–Trinajstić information content (AvgIpc) is 3.05. The summed E-state index contributed by atoms with van der Waals surface area (Å²) in [6, 6.07) is 4.73. The number of anilines is 1. The number of aryl methyl sites for hydroxylation is 1. The van der Waals surface area contributed by atoms with Crippen LogP contribution < -0.4 is 5.32 Å². The van der Waals surface area contributed by atoms with Crippen LogP contribution in [0.25, 0.3) is 11.3 Å². The first-order valence-electron chi connectivity index (χ1n) is 8.86. The van der Waals surface area contributed by atoms with Gasteiger partial charge in [-0.15, -0.1) is 0 Å². The molecular weight excluding hydrogens is 389 g/mol. The third-order valence-electron chi connectivity index (χ3n) is 3.99. The monoisotopic (exact) mass is 413 g/mol. The summed E-state index contributed by atoms with van der Waals surface area (Å²) in [5.41, 5.74) is 0.0750. The van der Waals surface area contributed by atoms with Crippen LogP contribution in [-0.2, 0) is 13.2 Å². The Labute approximate surface area is 167 Å². The molecule has 0 spiro atoms. The lowest BCUT2D eigenvalue weighted by Gasteiger charge is -2.12. The Hall–Kier alpha value is -2.90. The quantitative estimate of drug-likeness (QED) is 0.423. The zero-order chi connectivity index (χ0) is 22.4. The first kappa shape index (κ1) is 24.1. The van der Waals surface area contributed by atoms with Crippen molar-refractivity contribution in [3.63, 3.8) is 0 Å². The number of alkyl halides is 3. The second-order valence-electron chi connectivity index (χ2n) is 5.85. The molecule has 0 radical (unpaired) electrons. The molecule has 1 aromatic heterocycles. The normalized spacial score (nSPS) is 11.9. The van der Waals surface area contributed by atoms with E-state index in [0.29, 0.717) is 11.3 Å². The predicted molar refractivity (Wildman–Crippen MR) is 107 cm³/mol. The third kappa shape index (κ3) is 6.04. The number of hydrogen-bond donors (Lipinski definition) is 1. The number of allylic oxidation sites excluding steroid dienone is 2. The van der Waals surface area contributed by atoms with E-state index in [1.54, 1.807) is 6.92 Å². The zero-order valence-electron chi connectivity index (χ0n) is 16.8. The summed E-state index contributed by atoms with van der Waals surface area (Å²) in [7, 11) is 1.30. The maximum atomic E-state index is 14.4. The Balaban J connectivity index is 0.00000204. The summed E-state index contributed by atoms with van der Waals surface area (Å²) >= 11 is 0. The Morgan fingerprint density at radius 1 is 1.24 bits per heavy atom. The van der Waals surface area contributed by atoms with Crippen LogP contribution >= 0.6 is 0 Å². The first-order valence-corrected chi connectivity index (χ1v) is 8.86. The Bertz CT molecular complexity index is 908. The van der Waals surface area contributed by atoms with Gasteiger partial charge in [0.2, 0.25) is 0 Å². The molecule has 3 nitrogen and oxygen atoms in total. The van der Waals surface area contributed by atoms with Crippen LogP contribution in [0.4, 0.5) is 27.6 Å². The van der Waals surface area contributed by atoms with Crippen molar-refractivity contribution in [3.05, 3.63) is 72.0 Å². The Morgan fingerprint density at radius 2 is 1.86 bits per heavy atom. The van der Waals surface area contributed by atoms with Crippen molar-refractivity contribution in [1.82, 2.24) is 9.78 Å². The van der Waals surface area contributed by atoms with Gasteiger partial charge in [-0.2, -0.15) is 18.3 Å². The van der Waals surface area contributed by atoms with Gasteiger partial charge in [0, 0.05) is 30.4 Å². The van der Waals surface area contributed by atoms with Crippen molar-refractivity contribution in [2.45, 2.75) is 26.9 Å². The first-order chi connectivity index (χ1) is 13.5. The molecule has 1 N–H and O–H groups in total. The van der Waals surface area contributed by atoms with Gasteiger partial charge in [0.15, 0.2) is 5.69 Å². The van der Waals surface area contributed by atoms with Gasteiger partial charge in [-0.25, -0.2) is 8.78 Å². The fraction of sp³-hybridized carbons (Fsp3) is 0.286. The molecule has 0 aliphatic rings. The van der Waals surface area contributed by atoms with Gasteiger partial charge >= 0.3 is 6.18 Å². The fourth-order valence-electron chi connectivity index (χ4n) is 2.45. The minimum absolute atomic E-state index is 0.00778. The van der Waals surface area contributed by atoms with E-state index in [1.807, 2.05) is 13.8 Å². The van der Waals surface area contributed by atoms with Gasteiger partial charge in [-0.3, -0.25) is 4.68 Å². The zero-order valence-corrected chi connectivity index (χ0v) is 16.8. The molecule has 158 valence electrons. The van der Waals surface area contributed by atoms with E-state index in [9.17, 15) is 22.0 Å². The highest BCUT2D eigenvalue weighted by molar-refractivity contribution is 5.65. The van der Waals surface area contributed by atoms with E-state index in [1.165, 1.54) is 25.3 Å². The van der Waals surface area contributed by atoms with Gasteiger partial charge in [0.1, 0.15) is 11.6 Å². The van der Waals surface area contributed by atoms with E-state index >= 15 is 0 Å². The molecule has 0 bridgehead atoms. The molecule has 0 aliphatic carbocycles. The number of halogens is 5. The van der Waals surface area contributed by atoms with Gasteiger partial charge < -0.3 is 5.32 Å². The smallest absolute Gasteiger partial charge is 0.381 e. The van der Waals surface area contributed by atoms with Crippen molar-refractivity contribution in [1.29, 1.82) is 0 Å². The summed E-state index contributed by atoms with van der Waals surface area (Å²) in [5.74, 6) is -1.37. The predicted octanol–water partition coefficient (Wildman–Crippen LogP) is 6.67. The van der Waals surface area contributed by atoms with Gasteiger partial charge in [0.25, 0.3) is 0 Å². The second kappa shape index (κ2) is 10.0.